The zero-order valence-electron chi connectivity index (χ0n) is 10.6. The second kappa shape index (κ2) is 5.28. The Labute approximate surface area is 114 Å². The average Bonchev–Trinajstić information content (AvgIpc) is 2.82. The van der Waals surface area contributed by atoms with Crippen molar-refractivity contribution < 1.29 is 0 Å². The van der Waals surface area contributed by atoms with Gasteiger partial charge < -0.3 is 5.32 Å². The van der Waals surface area contributed by atoms with Crippen molar-refractivity contribution in [2.45, 2.75) is 37.5 Å². The van der Waals surface area contributed by atoms with Crippen LogP contribution >= 0.6 is 22.6 Å². The maximum atomic E-state index is 3.27. The second-order valence-corrected chi connectivity index (χ2v) is 7.02. The molecular formula is C14H24IN. The van der Waals surface area contributed by atoms with Gasteiger partial charge in [-0.1, -0.05) is 42.5 Å². The van der Waals surface area contributed by atoms with Crippen LogP contribution in [0.5, 0.6) is 0 Å². The highest BCUT2D eigenvalue weighted by Gasteiger charge is 2.64. The normalized spacial score (nSPS) is 40.0. The van der Waals surface area contributed by atoms with E-state index >= 15 is 0 Å². The topological polar surface area (TPSA) is 12.0 Å². The van der Waals surface area contributed by atoms with Gasteiger partial charge in [0.2, 0.25) is 0 Å². The summed E-state index contributed by atoms with van der Waals surface area (Å²) in [5.41, 5.74) is 0. The van der Waals surface area contributed by atoms with Gasteiger partial charge in [-0.2, -0.15) is 0 Å². The molecule has 2 rings (SSSR count). The van der Waals surface area contributed by atoms with E-state index in [0.29, 0.717) is 0 Å². The summed E-state index contributed by atoms with van der Waals surface area (Å²) in [6.07, 6.45) is 7.36. The van der Waals surface area contributed by atoms with Crippen molar-refractivity contribution in [3.05, 3.63) is 12.3 Å². The van der Waals surface area contributed by atoms with Crippen LogP contribution in [0.4, 0.5) is 0 Å². The molecule has 0 aromatic heterocycles. The van der Waals surface area contributed by atoms with Crippen LogP contribution in [0.15, 0.2) is 12.3 Å². The molecule has 1 N–H and O–H groups in total. The van der Waals surface area contributed by atoms with Gasteiger partial charge in [0.15, 0.2) is 0 Å². The van der Waals surface area contributed by atoms with E-state index in [1.165, 1.54) is 12.8 Å². The molecule has 2 aliphatic rings. The molecule has 0 aliphatic heterocycles. The van der Waals surface area contributed by atoms with Crippen LogP contribution in [-0.2, 0) is 0 Å². The van der Waals surface area contributed by atoms with Crippen molar-refractivity contribution in [3.8, 4) is 0 Å². The molecule has 2 fully saturated rings. The van der Waals surface area contributed by atoms with Gasteiger partial charge in [0.05, 0.1) is 0 Å². The minimum atomic E-state index is 0.769. The van der Waals surface area contributed by atoms with Crippen LogP contribution in [0.2, 0.25) is 0 Å². The summed E-state index contributed by atoms with van der Waals surface area (Å²) in [5, 5.41) is 3.27. The van der Waals surface area contributed by atoms with E-state index in [-0.39, 0.29) is 0 Å². The number of rotatable bonds is 6. The van der Waals surface area contributed by atoms with E-state index in [4.69, 9.17) is 0 Å². The fourth-order valence-electron chi connectivity index (χ4n) is 3.45. The Morgan fingerprint density at radius 2 is 2.19 bits per heavy atom. The van der Waals surface area contributed by atoms with Crippen molar-refractivity contribution in [2.24, 2.45) is 29.6 Å². The molecule has 16 heavy (non-hydrogen) atoms. The quantitative estimate of drug-likeness (QED) is 0.575. The Balaban J connectivity index is 1.78. The van der Waals surface area contributed by atoms with Gasteiger partial charge in [-0.25, -0.2) is 0 Å². The minimum absolute atomic E-state index is 0.769. The summed E-state index contributed by atoms with van der Waals surface area (Å²) in [7, 11) is 0. The summed E-state index contributed by atoms with van der Waals surface area (Å²) in [4.78, 5) is 0. The number of halogens is 1. The molecule has 0 heterocycles. The summed E-state index contributed by atoms with van der Waals surface area (Å²) in [5.74, 6) is 4.98. The van der Waals surface area contributed by atoms with Crippen LogP contribution in [0.25, 0.3) is 0 Å². The van der Waals surface area contributed by atoms with E-state index in [1.807, 2.05) is 0 Å². The highest BCUT2D eigenvalue weighted by Crippen LogP contribution is 2.69. The zero-order chi connectivity index (χ0) is 11.7. The van der Waals surface area contributed by atoms with Gasteiger partial charge in [0.1, 0.15) is 0 Å². The molecule has 6 atom stereocenters. The van der Waals surface area contributed by atoms with E-state index in [0.717, 1.165) is 40.1 Å². The maximum Gasteiger partial charge on any atom is 0.0141 e. The van der Waals surface area contributed by atoms with Crippen molar-refractivity contribution in [1.82, 2.24) is 5.32 Å². The summed E-state index contributed by atoms with van der Waals surface area (Å²) >= 11 is 2.67. The predicted molar refractivity (Wildman–Crippen MR) is 78.7 cm³/mol. The van der Waals surface area contributed by atoms with E-state index in [1.54, 1.807) is 0 Å². The van der Waals surface area contributed by atoms with Crippen molar-refractivity contribution >= 4 is 22.6 Å². The molecule has 2 heteroatoms. The molecular weight excluding hydrogens is 309 g/mol. The Kier molecular flexibility index (Phi) is 4.20. The zero-order valence-corrected chi connectivity index (χ0v) is 12.8. The smallest absolute Gasteiger partial charge is 0.0141 e. The molecule has 2 saturated carbocycles. The van der Waals surface area contributed by atoms with Crippen molar-refractivity contribution in [1.29, 1.82) is 0 Å². The third kappa shape index (κ3) is 2.27. The summed E-state index contributed by atoms with van der Waals surface area (Å²) < 4.78 is 0.933. The van der Waals surface area contributed by atoms with Gasteiger partial charge in [-0.05, 0) is 55.6 Å². The summed E-state index contributed by atoms with van der Waals surface area (Å²) in [6, 6.07) is 0. The Morgan fingerprint density at radius 3 is 2.81 bits per heavy atom. The lowest BCUT2D eigenvalue weighted by atomic mass is 9.76. The van der Waals surface area contributed by atoms with Gasteiger partial charge >= 0.3 is 0 Å². The maximum absolute atomic E-state index is 3.27. The van der Waals surface area contributed by atoms with Crippen LogP contribution in [-0.4, -0.2) is 10.5 Å². The molecule has 92 valence electrons. The van der Waals surface area contributed by atoms with Crippen molar-refractivity contribution in [3.63, 3.8) is 0 Å². The predicted octanol–water partition coefficient (Wildman–Crippen LogP) is 3.84. The first-order valence-electron chi connectivity index (χ1n) is 6.74. The first kappa shape index (κ1) is 12.7. The number of fused-ring (bicyclic) bond motifs is 1. The molecule has 0 aromatic carbocycles. The monoisotopic (exact) mass is 333 g/mol. The molecule has 0 spiro atoms. The number of allylic oxidation sites excluding steroid dienone is 1. The standard InChI is InChI=1S/C14H24IN/c1-4-12(15)14-11-8-10(13(11)14)9(3)6-7-16-5-2/h6-7,9-14,16H,4-5,8H2,1-3H3/b7-6+/t9-,10?,11+,12?,13+,14?/m1/s1. The Bertz CT molecular complexity index is 263. The number of nitrogens with one attached hydrogen (secondary N) is 1. The van der Waals surface area contributed by atoms with Crippen molar-refractivity contribution in [2.75, 3.05) is 6.54 Å². The molecule has 3 unspecified atom stereocenters. The largest absolute Gasteiger partial charge is 0.391 e. The molecule has 0 aromatic rings. The Hall–Kier alpha value is 0.270. The first-order chi connectivity index (χ1) is 7.70. The number of hydrogen-bond donors (Lipinski definition) is 1. The van der Waals surface area contributed by atoms with Crippen LogP contribution < -0.4 is 5.32 Å². The number of alkyl halides is 1. The average molecular weight is 333 g/mol. The minimum Gasteiger partial charge on any atom is -0.391 e. The second-order valence-electron chi connectivity index (χ2n) is 5.42. The number of hydrogen-bond acceptors (Lipinski definition) is 1. The Morgan fingerprint density at radius 1 is 1.44 bits per heavy atom. The lowest BCUT2D eigenvalue weighted by molar-refractivity contribution is 0.230. The summed E-state index contributed by atoms with van der Waals surface area (Å²) in [6.45, 7) is 7.90. The lowest BCUT2D eigenvalue weighted by Crippen LogP contribution is -2.22. The fraction of sp³-hybridized carbons (Fsp3) is 0.857. The molecule has 0 radical (unpaired) electrons. The van der Waals surface area contributed by atoms with E-state index < -0.39 is 0 Å². The molecule has 1 nitrogen and oxygen atoms in total. The van der Waals surface area contributed by atoms with Gasteiger partial charge in [-0.3, -0.25) is 0 Å². The fourth-order valence-corrected chi connectivity index (χ4v) is 4.46. The van der Waals surface area contributed by atoms with E-state index in [9.17, 15) is 0 Å². The highest BCUT2D eigenvalue weighted by molar-refractivity contribution is 14.1. The van der Waals surface area contributed by atoms with Crippen LogP contribution in [0.3, 0.4) is 0 Å². The molecule has 0 amide bonds. The van der Waals surface area contributed by atoms with Gasteiger partial charge in [-0.15, -0.1) is 0 Å². The first-order valence-corrected chi connectivity index (χ1v) is 7.99. The molecule has 2 aliphatic carbocycles. The van der Waals surface area contributed by atoms with Crippen LogP contribution in [0, 0.1) is 29.6 Å². The SMILES string of the molecule is CCN/C=C/[C@@H](C)C1C[C@@H]2C(C(I)CC)[C@@H]12. The van der Waals surface area contributed by atoms with Crippen LogP contribution in [0.1, 0.15) is 33.6 Å². The van der Waals surface area contributed by atoms with E-state index in [2.05, 4.69) is 61.0 Å². The lowest BCUT2D eigenvalue weighted by Gasteiger charge is -2.28. The molecule has 0 saturated heterocycles. The van der Waals surface area contributed by atoms with Gasteiger partial charge in [0, 0.05) is 10.5 Å². The highest BCUT2D eigenvalue weighted by atomic mass is 127. The third-order valence-corrected chi connectivity index (χ3v) is 6.25. The third-order valence-electron chi connectivity index (χ3n) is 4.54. The molecule has 0 bridgehead atoms. The van der Waals surface area contributed by atoms with Gasteiger partial charge in [0.25, 0.3) is 0 Å².